The van der Waals surface area contributed by atoms with E-state index in [1.165, 1.54) is 26.0 Å². The van der Waals surface area contributed by atoms with Gasteiger partial charge in [-0.05, 0) is 88.7 Å². The first kappa shape index (κ1) is 30.8. The number of carbonyl (C=O) groups is 4. The minimum Gasteiger partial charge on any atom is -0.456 e. The summed E-state index contributed by atoms with van der Waals surface area (Å²) in [6.45, 7) is 15.4. The minimum absolute atomic E-state index is 0.0284. The van der Waals surface area contributed by atoms with Crippen molar-refractivity contribution in [3.05, 3.63) is 23.8 Å². The van der Waals surface area contributed by atoms with Gasteiger partial charge in [-0.3, -0.25) is 19.2 Å². The third-order valence-electron chi connectivity index (χ3n) is 11.5. The number of ether oxygens (including phenoxy) is 1. The molecule has 4 aliphatic rings. The zero-order valence-corrected chi connectivity index (χ0v) is 25.3. The average molecular weight is 559 g/mol. The van der Waals surface area contributed by atoms with Gasteiger partial charge in [0.2, 0.25) is 0 Å². The van der Waals surface area contributed by atoms with E-state index in [0.29, 0.717) is 12.8 Å². The summed E-state index contributed by atoms with van der Waals surface area (Å²) in [7, 11) is 0. The molecular formula is C32H46O8. The van der Waals surface area contributed by atoms with Gasteiger partial charge in [0.1, 0.15) is 23.1 Å². The number of aliphatic hydroxyl groups excluding tert-OH is 2. The third-order valence-corrected chi connectivity index (χ3v) is 11.5. The van der Waals surface area contributed by atoms with Crippen molar-refractivity contribution in [1.29, 1.82) is 0 Å². The monoisotopic (exact) mass is 558 g/mol. The van der Waals surface area contributed by atoms with Gasteiger partial charge in [-0.25, -0.2) is 0 Å². The van der Waals surface area contributed by atoms with E-state index in [1.807, 2.05) is 27.7 Å². The first-order valence-corrected chi connectivity index (χ1v) is 14.4. The van der Waals surface area contributed by atoms with Crippen LogP contribution in [0, 0.1) is 39.4 Å². The largest absolute Gasteiger partial charge is 0.456 e. The number of rotatable bonds is 5. The van der Waals surface area contributed by atoms with Gasteiger partial charge in [0.15, 0.2) is 11.6 Å². The van der Waals surface area contributed by atoms with Gasteiger partial charge in [-0.1, -0.05) is 32.4 Å². The van der Waals surface area contributed by atoms with Crippen LogP contribution in [0.3, 0.4) is 0 Å². The van der Waals surface area contributed by atoms with Crippen LogP contribution in [-0.4, -0.2) is 62.0 Å². The molecule has 3 fully saturated rings. The number of allylic oxidation sites excluding steroid dienone is 2. The second-order valence-electron chi connectivity index (χ2n) is 14.8. The van der Waals surface area contributed by atoms with Crippen molar-refractivity contribution < 1.29 is 39.2 Å². The zero-order valence-electron chi connectivity index (χ0n) is 25.3. The van der Waals surface area contributed by atoms with E-state index >= 15 is 0 Å². The highest BCUT2D eigenvalue weighted by atomic mass is 16.6. The number of ketones is 3. The number of fused-ring (bicyclic) bond motifs is 5. The first-order valence-electron chi connectivity index (χ1n) is 14.4. The lowest BCUT2D eigenvalue weighted by Gasteiger charge is -2.64. The summed E-state index contributed by atoms with van der Waals surface area (Å²) in [6, 6.07) is 0. The summed E-state index contributed by atoms with van der Waals surface area (Å²) >= 11 is 0. The van der Waals surface area contributed by atoms with E-state index in [4.69, 9.17) is 4.74 Å². The molecule has 0 amide bonds. The molecule has 0 aliphatic heterocycles. The fourth-order valence-corrected chi connectivity index (χ4v) is 9.40. The normalized spacial score (nSPS) is 42.4. The van der Waals surface area contributed by atoms with Crippen LogP contribution in [0.1, 0.15) is 88.0 Å². The lowest BCUT2D eigenvalue weighted by atomic mass is 9.38. The second kappa shape index (κ2) is 9.17. The predicted molar refractivity (Wildman–Crippen MR) is 148 cm³/mol. The highest BCUT2D eigenvalue weighted by Gasteiger charge is 2.74. The Morgan fingerprint density at radius 2 is 1.65 bits per heavy atom. The van der Waals surface area contributed by atoms with E-state index in [-0.39, 0.29) is 36.2 Å². The first-order chi connectivity index (χ1) is 18.1. The molecule has 0 spiro atoms. The van der Waals surface area contributed by atoms with Crippen LogP contribution in [0.25, 0.3) is 0 Å². The highest BCUT2D eigenvalue weighted by molar-refractivity contribution is 5.98. The smallest absolute Gasteiger partial charge is 0.303 e. The molecule has 3 saturated carbocycles. The summed E-state index contributed by atoms with van der Waals surface area (Å²) < 4.78 is 5.23. The lowest BCUT2D eigenvalue weighted by molar-refractivity contribution is -0.183. The summed E-state index contributed by atoms with van der Waals surface area (Å²) in [5.74, 6) is -2.85. The number of hydrogen-bond acceptors (Lipinski definition) is 8. The van der Waals surface area contributed by atoms with Crippen molar-refractivity contribution in [3.8, 4) is 0 Å². The van der Waals surface area contributed by atoms with Crippen molar-refractivity contribution in [3.63, 3.8) is 0 Å². The van der Waals surface area contributed by atoms with Crippen LogP contribution in [0.5, 0.6) is 0 Å². The van der Waals surface area contributed by atoms with Crippen molar-refractivity contribution in [2.75, 3.05) is 0 Å². The number of carbonyl (C=O) groups excluding carboxylic acids is 4. The molecule has 0 heterocycles. The Morgan fingerprint density at radius 3 is 2.23 bits per heavy atom. The maximum atomic E-state index is 14.3. The van der Waals surface area contributed by atoms with Crippen LogP contribution in [0.2, 0.25) is 0 Å². The average Bonchev–Trinajstić information content (AvgIpc) is 3.01. The molecule has 8 nitrogen and oxygen atoms in total. The van der Waals surface area contributed by atoms with E-state index in [0.717, 1.165) is 5.57 Å². The molecule has 0 bridgehead atoms. The van der Waals surface area contributed by atoms with Gasteiger partial charge < -0.3 is 20.1 Å². The topological polar surface area (TPSA) is 138 Å². The summed E-state index contributed by atoms with van der Waals surface area (Å²) in [6.07, 6.45) is 3.55. The fourth-order valence-electron chi connectivity index (χ4n) is 9.40. The Hall–Kier alpha value is -2.16. The van der Waals surface area contributed by atoms with Gasteiger partial charge in [-0.15, -0.1) is 0 Å². The standard InChI is InChI=1S/C32H46O8/c1-17(33)40-27(2,3)13-12-23(36)32(9,39)25-21(35)15-29(6)22-11-10-18-19(14-20(34)26(38)28(18,4)5)31(22,8)24(37)16-30(25,29)7/h10,12-13,19-22,25,34-35,39H,11,14-16H2,1-9H3/b13-12+/t19-,20+,21-,22+,25+,29+,30-,31+,32-/m1/s1. The molecule has 0 aromatic heterocycles. The Balaban J connectivity index is 1.75. The van der Waals surface area contributed by atoms with Gasteiger partial charge in [0, 0.05) is 30.1 Å². The SMILES string of the molecule is CC(=O)OC(C)(C)/C=C/C(=O)[C@@](C)(O)[C@H]1[C@H](O)C[C@@]2(C)[C@@H]3CC=C4[C@@H](C[C@H](O)C(=O)C4(C)C)[C@]3(C)C(=O)C[C@]12C. The number of Topliss-reactive ketones (excluding diaryl/α,β-unsaturated/α-hetero) is 2. The molecule has 4 aliphatic carbocycles. The van der Waals surface area contributed by atoms with E-state index in [2.05, 4.69) is 13.0 Å². The summed E-state index contributed by atoms with van der Waals surface area (Å²) in [4.78, 5) is 52.1. The predicted octanol–water partition coefficient (Wildman–Crippen LogP) is 3.50. The van der Waals surface area contributed by atoms with Crippen molar-refractivity contribution in [2.45, 2.75) is 111 Å². The maximum absolute atomic E-state index is 14.3. The van der Waals surface area contributed by atoms with E-state index < -0.39 is 62.7 Å². The van der Waals surface area contributed by atoms with Crippen LogP contribution in [-0.2, 0) is 23.9 Å². The van der Waals surface area contributed by atoms with E-state index in [1.54, 1.807) is 13.8 Å². The zero-order chi connectivity index (χ0) is 30.4. The molecule has 0 radical (unpaired) electrons. The van der Waals surface area contributed by atoms with Crippen LogP contribution < -0.4 is 0 Å². The van der Waals surface area contributed by atoms with Crippen LogP contribution in [0.4, 0.5) is 0 Å². The number of esters is 1. The molecule has 222 valence electrons. The maximum Gasteiger partial charge on any atom is 0.303 e. The van der Waals surface area contributed by atoms with Crippen molar-refractivity contribution in [1.82, 2.24) is 0 Å². The van der Waals surface area contributed by atoms with Gasteiger partial charge in [-0.2, -0.15) is 0 Å². The number of aliphatic hydroxyl groups is 3. The van der Waals surface area contributed by atoms with Gasteiger partial charge >= 0.3 is 5.97 Å². The third kappa shape index (κ3) is 4.11. The van der Waals surface area contributed by atoms with Gasteiger partial charge in [0.05, 0.1) is 6.10 Å². The minimum atomic E-state index is -1.99. The van der Waals surface area contributed by atoms with E-state index in [9.17, 15) is 34.5 Å². The molecule has 9 atom stereocenters. The Kier molecular flexibility index (Phi) is 7.06. The van der Waals surface area contributed by atoms with Crippen LogP contribution >= 0.6 is 0 Å². The Bertz CT molecular complexity index is 1210. The van der Waals surface area contributed by atoms with Crippen LogP contribution in [0.15, 0.2) is 23.8 Å². The summed E-state index contributed by atoms with van der Waals surface area (Å²) in [5, 5.41) is 34.0. The lowest BCUT2D eigenvalue weighted by Crippen LogP contribution is -2.65. The fraction of sp³-hybridized carbons (Fsp3) is 0.750. The number of hydrogen-bond donors (Lipinski definition) is 3. The molecule has 8 heteroatoms. The molecule has 4 rings (SSSR count). The Morgan fingerprint density at radius 1 is 1.05 bits per heavy atom. The van der Waals surface area contributed by atoms with Crippen molar-refractivity contribution in [2.24, 2.45) is 39.4 Å². The molecule has 40 heavy (non-hydrogen) atoms. The molecule has 3 N–H and O–H groups in total. The summed E-state index contributed by atoms with van der Waals surface area (Å²) in [5.41, 5.74) is -5.43. The van der Waals surface area contributed by atoms with Gasteiger partial charge in [0.25, 0.3) is 0 Å². The quantitative estimate of drug-likeness (QED) is 0.265. The Labute approximate surface area is 237 Å². The highest BCUT2D eigenvalue weighted by Crippen LogP contribution is 2.74. The molecule has 0 saturated heterocycles. The molecule has 0 aromatic carbocycles. The second-order valence-corrected chi connectivity index (χ2v) is 14.8. The van der Waals surface area contributed by atoms with Crippen molar-refractivity contribution >= 4 is 23.3 Å². The molecule has 0 unspecified atom stereocenters. The molecular weight excluding hydrogens is 512 g/mol. The molecule has 0 aromatic rings.